The molecule has 1 aliphatic heterocycles. The van der Waals surface area contributed by atoms with Crippen LogP contribution in [0.5, 0.6) is 11.5 Å². The number of aryl methyl sites for hydroxylation is 1. The summed E-state index contributed by atoms with van der Waals surface area (Å²) in [4.78, 5) is 14.5. The van der Waals surface area contributed by atoms with E-state index in [2.05, 4.69) is 14.9 Å². The molecule has 2 aromatic rings. The van der Waals surface area contributed by atoms with Crippen molar-refractivity contribution in [3.8, 4) is 11.5 Å². The lowest BCUT2D eigenvalue weighted by atomic mass is 10.2. The molecule has 33 heavy (non-hydrogen) atoms. The number of ether oxygens (including phenoxy) is 3. The summed E-state index contributed by atoms with van der Waals surface area (Å²) in [7, 11) is -2.22. The van der Waals surface area contributed by atoms with E-state index in [0.29, 0.717) is 29.3 Å². The van der Waals surface area contributed by atoms with Gasteiger partial charge in [-0.15, -0.1) is 0 Å². The first-order chi connectivity index (χ1) is 15.9. The van der Waals surface area contributed by atoms with Crippen LogP contribution in [-0.4, -0.2) is 72.3 Å². The first-order valence-electron chi connectivity index (χ1n) is 10.8. The third-order valence-electron chi connectivity index (χ3n) is 5.23. The van der Waals surface area contributed by atoms with E-state index >= 15 is 0 Å². The van der Waals surface area contributed by atoms with Gasteiger partial charge in [0.15, 0.2) is 6.61 Å². The minimum Gasteiger partial charge on any atom is -0.497 e. The molecule has 1 heterocycles. The van der Waals surface area contributed by atoms with E-state index in [1.165, 1.54) is 12.1 Å². The maximum atomic E-state index is 12.7. The number of rotatable bonds is 11. The fourth-order valence-corrected chi connectivity index (χ4v) is 4.52. The smallest absolute Gasteiger partial charge is 0.261 e. The van der Waals surface area contributed by atoms with Crippen molar-refractivity contribution < 1.29 is 27.4 Å². The predicted molar refractivity (Wildman–Crippen MR) is 125 cm³/mol. The monoisotopic (exact) mass is 477 g/mol. The number of methoxy groups -OCH3 is 1. The summed E-state index contributed by atoms with van der Waals surface area (Å²) in [5, 5.41) is 2.85. The molecule has 9 nitrogen and oxygen atoms in total. The van der Waals surface area contributed by atoms with Crippen LogP contribution in [0.3, 0.4) is 0 Å². The summed E-state index contributed by atoms with van der Waals surface area (Å²) in [5.74, 6) is 0.882. The van der Waals surface area contributed by atoms with Crippen LogP contribution in [0.1, 0.15) is 12.0 Å². The molecule has 0 aliphatic carbocycles. The highest BCUT2D eigenvalue weighted by atomic mass is 32.2. The number of anilines is 1. The highest BCUT2D eigenvalue weighted by Gasteiger charge is 2.16. The van der Waals surface area contributed by atoms with Gasteiger partial charge in [-0.05, 0) is 67.9 Å². The summed E-state index contributed by atoms with van der Waals surface area (Å²) >= 11 is 0. The fraction of sp³-hybridized carbons (Fsp3) is 0.435. The first-order valence-corrected chi connectivity index (χ1v) is 12.3. The number of hydrogen-bond donors (Lipinski definition) is 2. The summed E-state index contributed by atoms with van der Waals surface area (Å²) < 4.78 is 43.9. The topological polar surface area (TPSA) is 106 Å². The molecule has 3 rings (SSSR count). The third-order valence-corrected chi connectivity index (χ3v) is 6.61. The standard InChI is InChI=1S/C23H31N3O6S/c1-18-16-21(33(28,29)25-19-4-6-20(30-2)7-5-19)8-9-22(18)32-17-23(27)24-10-3-11-26-12-14-31-15-13-26/h4-9,16,25H,3,10-15,17H2,1-2H3,(H,24,27). The van der Waals surface area contributed by atoms with Crippen molar-refractivity contribution in [2.24, 2.45) is 0 Å². The molecule has 0 radical (unpaired) electrons. The molecule has 2 N–H and O–H groups in total. The van der Waals surface area contributed by atoms with Crippen molar-refractivity contribution in [3.05, 3.63) is 48.0 Å². The molecule has 0 bridgehead atoms. The molecule has 0 unspecified atom stereocenters. The van der Waals surface area contributed by atoms with Gasteiger partial charge in [0.2, 0.25) is 0 Å². The van der Waals surface area contributed by atoms with Gasteiger partial charge in [0.25, 0.3) is 15.9 Å². The van der Waals surface area contributed by atoms with Crippen LogP contribution < -0.4 is 19.5 Å². The van der Waals surface area contributed by atoms with Gasteiger partial charge < -0.3 is 19.5 Å². The van der Waals surface area contributed by atoms with Crippen LogP contribution >= 0.6 is 0 Å². The number of hydrogen-bond acceptors (Lipinski definition) is 7. The van der Waals surface area contributed by atoms with E-state index in [4.69, 9.17) is 14.2 Å². The zero-order valence-corrected chi connectivity index (χ0v) is 19.8. The minimum absolute atomic E-state index is 0.107. The van der Waals surface area contributed by atoms with Crippen LogP contribution in [0.25, 0.3) is 0 Å². The maximum absolute atomic E-state index is 12.7. The zero-order chi connectivity index (χ0) is 23.7. The second-order valence-corrected chi connectivity index (χ2v) is 9.39. The molecule has 1 saturated heterocycles. The van der Waals surface area contributed by atoms with Crippen molar-refractivity contribution in [1.82, 2.24) is 10.2 Å². The quantitative estimate of drug-likeness (QED) is 0.477. The average Bonchev–Trinajstić information content (AvgIpc) is 2.82. The van der Waals surface area contributed by atoms with Crippen LogP contribution in [0.15, 0.2) is 47.4 Å². The van der Waals surface area contributed by atoms with Crippen molar-refractivity contribution in [1.29, 1.82) is 0 Å². The molecule has 0 saturated carbocycles. The Morgan fingerprint density at radius 3 is 2.52 bits per heavy atom. The minimum atomic E-state index is -3.77. The molecule has 0 atom stereocenters. The summed E-state index contributed by atoms with van der Waals surface area (Å²) in [5.41, 5.74) is 1.05. The predicted octanol–water partition coefficient (Wildman–Crippen LogP) is 2.02. The lowest BCUT2D eigenvalue weighted by molar-refractivity contribution is -0.123. The molecule has 1 aliphatic rings. The molecule has 180 valence electrons. The second-order valence-electron chi connectivity index (χ2n) is 7.71. The Kier molecular flexibility index (Phi) is 8.93. The van der Waals surface area contributed by atoms with E-state index in [1.54, 1.807) is 44.4 Å². The van der Waals surface area contributed by atoms with Gasteiger partial charge in [0, 0.05) is 25.3 Å². The van der Waals surface area contributed by atoms with Crippen molar-refractivity contribution >= 4 is 21.6 Å². The van der Waals surface area contributed by atoms with E-state index in [1.807, 2.05) is 0 Å². The number of nitrogens with zero attached hydrogens (tertiary/aromatic N) is 1. The van der Waals surface area contributed by atoms with Crippen molar-refractivity contribution in [2.45, 2.75) is 18.2 Å². The molecule has 0 spiro atoms. The van der Waals surface area contributed by atoms with Crippen LogP contribution in [0, 0.1) is 6.92 Å². The Morgan fingerprint density at radius 2 is 1.85 bits per heavy atom. The maximum Gasteiger partial charge on any atom is 0.261 e. The van der Waals surface area contributed by atoms with Gasteiger partial charge >= 0.3 is 0 Å². The zero-order valence-electron chi connectivity index (χ0n) is 19.0. The van der Waals surface area contributed by atoms with Crippen LogP contribution in [0.4, 0.5) is 5.69 Å². The highest BCUT2D eigenvalue weighted by Crippen LogP contribution is 2.24. The first kappa shape index (κ1) is 24.8. The van der Waals surface area contributed by atoms with Gasteiger partial charge in [-0.2, -0.15) is 0 Å². The van der Waals surface area contributed by atoms with Crippen molar-refractivity contribution in [2.75, 3.05) is 57.8 Å². The Morgan fingerprint density at radius 1 is 1.12 bits per heavy atom. The van der Waals surface area contributed by atoms with Gasteiger partial charge in [0.1, 0.15) is 11.5 Å². The number of amides is 1. The van der Waals surface area contributed by atoms with E-state index in [0.717, 1.165) is 39.3 Å². The number of carbonyl (C=O) groups is 1. The Balaban J connectivity index is 1.46. The summed E-state index contributed by atoms with van der Waals surface area (Å²) in [6, 6.07) is 11.1. The Hall–Kier alpha value is -2.82. The second kappa shape index (κ2) is 11.9. The van der Waals surface area contributed by atoms with Gasteiger partial charge in [-0.3, -0.25) is 14.4 Å². The number of benzene rings is 2. The van der Waals surface area contributed by atoms with Gasteiger partial charge in [-0.25, -0.2) is 8.42 Å². The Labute approximate surface area is 195 Å². The number of sulfonamides is 1. The normalized spacial score (nSPS) is 14.5. The van der Waals surface area contributed by atoms with Crippen LogP contribution in [-0.2, 0) is 19.6 Å². The number of nitrogens with one attached hydrogen (secondary N) is 2. The van der Waals surface area contributed by atoms with E-state index < -0.39 is 10.0 Å². The molecule has 1 fully saturated rings. The van der Waals surface area contributed by atoms with Gasteiger partial charge in [0.05, 0.1) is 25.2 Å². The lowest BCUT2D eigenvalue weighted by Crippen LogP contribution is -2.38. The average molecular weight is 478 g/mol. The van der Waals surface area contributed by atoms with Gasteiger partial charge in [-0.1, -0.05) is 0 Å². The molecule has 2 aromatic carbocycles. The van der Waals surface area contributed by atoms with Crippen molar-refractivity contribution in [3.63, 3.8) is 0 Å². The molecule has 10 heteroatoms. The molecule has 1 amide bonds. The molecular formula is C23H31N3O6S. The van der Waals surface area contributed by atoms with E-state index in [-0.39, 0.29) is 17.4 Å². The fourth-order valence-electron chi connectivity index (χ4n) is 3.37. The number of carbonyl (C=O) groups excluding carboxylic acids is 1. The summed E-state index contributed by atoms with van der Waals surface area (Å²) in [6.45, 7) is 6.48. The Bertz CT molecular complexity index is 1020. The molecule has 0 aromatic heterocycles. The lowest BCUT2D eigenvalue weighted by Gasteiger charge is -2.26. The van der Waals surface area contributed by atoms with E-state index in [9.17, 15) is 13.2 Å². The number of morpholine rings is 1. The molecular weight excluding hydrogens is 446 g/mol. The van der Waals surface area contributed by atoms with Crippen LogP contribution in [0.2, 0.25) is 0 Å². The highest BCUT2D eigenvalue weighted by molar-refractivity contribution is 7.92. The largest absolute Gasteiger partial charge is 0.497 e. The summed E-state index contributed by atoms with van der Waals surface area (Å²) in [6.07, 6.45) is 0.860. The third kappa shape index (κ3) is 7.62. The SMILES string of the molecule is COc1ccc(NS(=O)(=O)c2ccc(OCC(=O)NCCCN3CCOCC3)c(C)c2)cc1.